The van der Waals surface area contributed by atoms with Crippen LogP contribution in [0.2, 0.25) is 0 Å². The molecule has 0 bridgehead atoms. The van der Waals surface area contributed by atoms with Gasteiger partial charge >= 0.3 is 12.2 Å². The van der Waals surface area contributed by atoms with Crippen molar-refractivity contribution in [1.82, 2.24) is 30.8 Å². The Kier molecular flexibility index (Phi) is 14.9. The van der Waals surface area contributed by atoms with E-state index in [1.165, 1.54) is 14.2 Å². The van der Waals surface area contributed by atoms with E-state index in [9.17, 15) is 29.4 Å². The van der Waals surface area contributed by atoms with E-state index >= 15 is 0 Å². The zero-order valence-electron chi connectivity index (χ0n) is 34.0. The molecule has 5 N–H and O–H groups in total. The lowest BCUT2D eigenvalue weighted by Gasteiger charge is -2.37. The molecule has 0 spiro atoms. The van der Waals surface area contributed by atoms with Crippen LogP contribution in [0, 0.1) is 10.8 Å². The summed E-state index contributed by atoms with van der Waals surface area (Å²) in [7, 11) is 2.57. The first-order valence-electron chi connectivity index (χ1n) is 19.0. The molecular formula is C44H56N6O7. The number of nitrogens with one attached hydrogen (secondary N) is 3. The average molecular weight is 781 g/mol. The zero-order chi connectivity index (χ0) is 41.9. The number of likely N-dealkylation sites (N-methyl/N-ethyl adjacent to an activating group) is 1. The van der Waals surface area contributed by atoms with E-state index in [0.717, 1.165) is 38.5 Å². The Morgan fingerprint density at radius 3 is 1.63 bits per heavy atom. The Balaban J connectivity index is 1.69. The van der Waals surface area contributed by atoms with Crippen molar-refractivity contribution in [2.75, 3.05) is 14.2 Å². The lowest BCUT2D eigenvalue weighted by atomic mass is 9.84. The summed E-state index contributed by atoms with van der Waals surface area (Å²) in [6.45, 7) is 10.8. The molecule has 57 heavy (non-hydrogen) atoms. The Morgan fingerprint density at radius 2 is 1.21 bits per heavy atom. The number of carbonyl (C=O) groups is 4. The minimum absolute atomic E-state index is 0.00522. The number of nitrogens with zero attached hydrogens (tertiary/aromatic N) is 3. The van der Waals surface area contributed by atoms with E-state index < -0.39 is 65.1 Å². The van der Waals surface area contributed by atoms with Crippen LogP contribution in [0.4, 0.5) is 9.59 Å². The van der Waals surface area contributed by atoms with Crippen LogP contribution in [0.3, 0.4) is 0 Å². The molecule has 304 valence electrons. The van der Waals surface area contributed by atoms with Crippen LogP contribution in [0.1, 0.15) is 59.1 Å². The fourth-order valence-electron chi connectivity index (χ4n) is 6.82. The fourth-order valence-corrected chi connectivity index (χ4v) is 6.82. The third kappa shape index (κ3) is 12.6. The minimum atomic E-state index is -1.27. The summed E-state index contributed by atoms with van der Waals surface area (Å²) in [5.41, 5.74) is 3.57. The summed E-state index contributed by atoms with van der Waals surface area (Å²) < 4.78 is 4.81. The number of hydrogen-bond acceptors (Lipinski definition) is 8. The number of aromatic nitrogens is 2. The van der Waals surface area contributed by atoms with Crippen molar-refractivity contribution in [3.05, 3.63) is 108 Å². The Morgan fingerprint density at radius 1 is 0.702 bits per heavy atom. The SMILES string of the molecule is COC(=O)N[C@H](C(=O)N[C@@H](Cc1ccc(-c2ccccn2)cc1)C[C@H](O)[C@H](Cc1ccc(-c2ccccn2)cc1)NC(=O)[C@@H](N(C)C(=O)O)C(C)(C)C)C(C)(C)C. The van der Waals surface area contributed by atoms with Crippen molar-refractivity contribution in [3.8, 4) is 22.5 Å². The number of carbonyl (C=O) groups excluding carboxylic acids is 3. The highest BCUT2D eigenvalue weighted by atomic mass is 16.5. The lowest BCUT2D eigenvalue weighted by Crippen LogP contribution is -2.59. The number of alkyl carbamates (subject to hydrolysis) is 1. The van der Waals surface area contributed by atoms with Crippen molar-refractivity contribution < 1.29 is 34.1 Å². The topological polar surface area (TPSA) is 183 Å². The average Bonchev–Trinajstić information content (AvgIpc) is 3.16. The number of methoxy groups -OCH3 is 1. The first kappa shape index (κ1) is 43.9. The molecule has 0 radical (unpaired) electrons. The molecule has 0 aliphatic heterocycles. The molecule has 0 aliphatic carbocycles. The van der Waals surface area contributed by atoms with Crippen LogP contribution in [-0.2, 0) is 27.2 Å². The van der Waals surface area contributed by atoms with Gasteiger partial charge in [0.25, 0.3) is 0 Å². The molecule has 0 saturated carbocycles. The van der Waals surface area contributed by atoms with Gasteiger partial charge < -0.3 is 30.9 Å². The van der Waals surface area contributed by atoms with Gasteiger partial charge in [0.1, 0.15) is 12.1 Å². The van der Waals surface area contributed by atoms with Crippen LogP contribution >= 0.6 is 0 Å². The van der Waals surface area contributed by atoms with E-state index in [-0.39, 0.29) is 12.8 Å². The quantitative estimate of drug-likeness (QED) is 0.0950. The van der Waals surface area contributed by atoms with Crippen molar-refractivity contribution in [3.63, 3.8) is 0 Å². The van der Waals surface area contributed by atoms with E-state index in [2.05, 4.69) is 25.9 Å². The maximum absolute atomic E-state index is 14.1. The molecule has 0 aliphatic rings. The molecule has 2 heterocycles. The highest BCUT2D eigenvalue weighted by molar-refractivity contribution is 5.87. The maximum Gasteiger partial charge on any atom is 0.407 e. The van der Waals surface area contributed by atoms with Gasteiger partial charge in [-0.25, -0.2) is 9.59 Å². The van der Waals surface area contributed by atoms with Gasteiger partial charge in [0.05, 0.1) is 30.6 Å². The van der Waals surface area contributed by atoms with Crippen LogP contribution in [0.25, 0.3) is 22.5 Å². The van der Waals surface area contributed by atoms with E-state index in [4.69, 9.17) is 4.74 Å². The van der Waals surface area contributed by atoms with Crippen LogP contribution in [0.15, 0.2) is 97.3 Å². The molecule has 0 saturated heterocycles. The number of rotatable bonds is 15. The number of hydrogen-bond donors (Lipinski definition) is 5. The molecule has 0 unspecified atom stereocenters. The Hall–Kier alpha value is -5.82. The minimum Gasteiger partial charge on any atom is -0.465 e. The second-order valence-corrected chi connectivity index (χ2v) is 16.5. The fraction of sp³-hybridized carbons (Fsp3) is 0.409. The summed E-state index contributed by atoms with van der Waals surface area (Å²) in [4.78, 5) is 62.3. The summed E-state index contributed by atoms with van der Waals surface area (Å²) in [5, 5.41) is 30.7. The number of carboxylic acid groups (broad SMARTS) is 1. The number of aliphatic hydroxyl groups excluding tert-OH is 1. The summed E-state index contributed by atoms with van der Waals surface area (Å²) in [5.74, 6) is -1.04. The molecule has 13 heteroatoms. The Bertz CT molecular complexity index is 1930. The number of aliphatic hydroxyl groups is 1. The van der Waals surface area contributed by atoms with Crippen LogP contribution in [-0.4, -0.2) is 93.5 Å². The van der Waals surface area contributed by atoms with Crippen molar-refractivity contribution in [1.29, 1.82) is 0 Å². The zero-order valence-corrected chi connectivity index (χ0v) is 34.0. The molecule has 4 rings (SSSR count). The predicted molar refractivity (Wildman–Crippen MR) is 219 cm³/mol. The second-order valence-electron chi connectivity index (χ2n) is 16.5. The first-order valence-corrected chi connectivity index (χ1v) is 19.0. The number of amides is 4. The van der Waals surface area contributed by atoms with Crippen LogP contribution in [0.5, 0.6) is 0 Å². The third-order valence-electron chi connectivity index (χ3n) is 9.76. The molecular weight excluding hydrogens is 725 g/mol. The Labute approximate surface area is 335 Å². The number of pyridine rings is 2. The molecule has 0 fully saturated rings. The summed E-state index contributed by atoms with van der Waals surface area (Å²) in [6, 6.07) is 23.0. The van der Waals surface area contributed by atoms with E-state index in [1.807, 2.05) is 106 Å². The molecule has 2 aromatic heterocycles. The monoisotopic (exact) mass is 780 g/mol. The maximum atomic E-state index is 14.1. The number of benzene rings is 2. The molecule has 5 atom stereocenters. The molecule has 13 nitrogen and oxygen atoms in total. The highest BCUT2D eigenvalue weighted by Crippen LogP contribution is 2.26. The molecule has 4 aromatic rings. The standard InChI is InChI=1S/C44H56N6O7/c1-43(2,3)37(49-41(54)57-8)39(52)47-32(25-28-15-19-30(20-16-28)33-13-9-11-23-45-33)27-36(51)35(48-40(53)38(44(4,5)6)50(7)42(55)56)26-29-17-21-31(22-18-29)34-14-10-12-24-46-34/h9-24,32,35-38,51H,25-27H2,1-8H3,(H,47,52)(H,48,53)(H,49,54)(H,55,56)/t32-,35-,36-,37+,38+/m0/s1. The van der Waals surface area contributed by atoms with Crippen molar-refractivity contribution in [2.24, 2.45) is 10.8 Å². The van der Waals surface area contributed by atoms with Crippen LogP contribution < -0.4 is 16.0 Å². The van der Waals surface area contributed by atoms with Gasteiger partial charge in [0, 0.05) is 36.6 Å². The molecule has 4 amide bonds. The third-order valence-corrected chi connectivity index (χ3v) is 9.76. The smallest absolute Gasteiger partial charge is 0.407 e. The van der Waals surface area contributed by atoms with E-state index in [0.29, 0.717) is 6.42 Å². The normalized spacial score (nSPS) is 14.3. The van der Waals surface area contributed by atoms with Crippen molar-refractivity contribution in [2.45, 2.75) is 91.1 Å². The van der Waals surface area contributed by atoms with Gasteiger partial charge in [0.2, 0.25) is 11.8 Å². The summed E-state index contributed by atoms with van der Waals surface area (Å²) >= 11 is 0. The first-order chi connectivity index (χ1) is 26.9. The highest BCUT2D eigenvalue weighted by Gasteiger charge is 2.40. The number of ether oxygens (including phenoxy) is 1. The van der Waals surface area contributed by atoms with Gasteiger partial charge in [-0.2, -0.15) is 0 Å². The lowest BCUT2D eigenvalue weighted by molar-refractivity contribution is -0.131. The molecule has 2 aromatic carbocycles. The van der Waals surface area contributed by atoms with Gasteiger partial charge in [-0.15, -0.1) is 0 Å². The largest absolute Gasteiger partial charge is 0.465 e. The van der Waals surface area contributed by atoms with E-state index in [1.54, 1.807) is 33.2 Å². The second kappa shape index (κ2) is 19.4. The van der Waals surface area contributed by atoms with Gasteiger partial charge in [-0.3, -0.25) is 24.5 Å². The summed E-state index contributed by atoms with van der Waals surface area (Å²) in [6.07, 6.45) is 0.668. The van der Waals surface area contributed by atoms with Crippen molar-refractivity contribution >= 4 is 24.0 Å². The van der Waals surface area contributed by atoms with Gasteiger partial charge in [-0.05, 0) is 65.5 Å². The predicted octanol–water partition coefficient (Wildman–Crippen LogP) is 6.11. The van der Waals surface area contributed by atoms with Gasteiger partial charge in [-0.1, -0.05) is 102 Å². The van der Waals surface area contributed by atoms with Gasteiger partial charge in [0.15, 0.2) is 0 Å².